The first-order chi connectivity index (χ1) is 9.65. The van der Waals surface area contributed by atoms with Crippen LogP contribution in [0.2, 0.25) is 0 Å². The van der Waals surface area contributed by atoms with Gasteiger partial charge in [0.15, 0.2) is 0 Å². The van der Waals surface area contributed by atoms with Crippen LogP contribution in [0.5, 0.6) is 0 Å². The van der Waals surface area contributed by atoms with Crippen molar-refractivity contribution in [3.8, 4) is 0 Å². The van der Waals surface area contributed by atoms with Crippen LogP contribution >= 0.6 is 0 Å². The van der Waals surface area contributed by atoms with Gasteiger partial charge in [-0.25, -0.2) is 0 Å². The fourth-order valence-electron chi connectivity index (χ4n) is 3.05. The van der Waals surface area contributed by atoms with Gasteiger partial charge in [0.05, 0.1) is 12.1 Å². The first-order valence-electron chi connectivity index (χ1n) is 7.28. The number of anilines is 1. The van der Waals surface area contributed by atoms with Gasteiger partial charge < -0.3 is 10.4 Å². The Hall–Kier alpha value is -1.80. The Morgan fingerprint density at radius 3 is 2.80 bits per heavy atom. The molecule has 2 atom stereocenters. The van der Waals surface area contributed by atoms with E-state index in [2.05, 4.69) is 36.5 Å². The summed E-state index contributed by atoms with van der Waals surface area (Å²) in [4.78, 5) is 0. The minimum absolute atomic E-state index is 0.352. The summed E-state index contributed by atoms with van der Waals surface area (Å²) < 4.78 is 0. The van der Waals surface area contributed by atoms with Gasteiger partial charge in [-0.3, -0.25) is 0 Å². The van der Waals surface area contributed by atoms with Gasteiger partial charge in [0, 0.05) is 11.3 Å². The lowest BCUT2D eigenvalue weighted by Crippen LogP contribution is -2.10. The van der Waals surface area contributed by atoms with Crippen LogP contribution in [-0.4, -0.2) is 5.11 Å². The maximum absolute atomic E-state index is 9.88. The van der Waals surface area contributed by atoms with Crippen molar-refractivity contribution in [1.82, 2.24) is 0 Å². The predicted molar refractivity (Wildman–Crippen MR) is 82.9 cm³/mol. The highest BCUT2D eigenvalue weighted by atomic mass is 16.3. The highest BCUT2D eigenvalue weighted by molar-refractivity contribution is 5.55. The Bertz CT molecular complexity index is 619. The van der Waals surface area contributed by atoms with Gasteiger partial charge in [-0.2, -0.15) is 0 Å². The second kappa shape index (κ2) is 5.29. The van der Waals surface area contributed by atoms with Crippen molar-refractivity contribution in [2.45, 2.75) is 38.8 Å². The monoisotopic (exact) mass is 267 g/mol. The van der Waals surface area contributed by atoms with E-state index in [1.807, 2.05) is 25.1 Å². The van der Waals surface area contributed by atoms with Crippen molar-refractivity contribution in [2.24, 2.45) is 0 Å². The number of rotatable bonds is 3. The normalized spacial score (nSPS) is 18.6. The third-order valence-corrected chi connectivity index (χ3v) is 4.12. The molecule has 20 heavy (non-hydrogen) atoms. The van der Waals surface area contributed by atoms with Crippen molar-refractivity contribution in [1.29, 1.82) is 0 Å². The van der Waals surface area contributed by atoms with Gasteiger partial charge in [0.2, 0.25) is 0 Å². The standard InChI is InChI=1S/C18H21NO/c1-12-7-8-14-9-10-18(16(14)11-12)19-17-6-4-3-5-15(17)13(2)20/h3-8,11,13,18-20H,9-10H2,1-2H3. The molecular formula is C18H21NO. The Labute approximate surface area is 120 Å². The summed E-state index contributed by atoms with van der Waals surface area (Å²) in [5, 5.41) is 13.5. The molecule has 0 amide bonds. The zero-order chi connectivity index (χ0) is 14.1. The molecule has 0 saturated heterocycles. The van der Waals surface area contributed by atoms with E-state index in [1.54, 1.807) is 0 Å². The van der Waals surface area contributed by atoms with E-state index < -0.39 is 6.10 Å². The summed E-state index contributed by atoms with van der Waals surface area (Å²) in [5.41, 5.74) is 6.17. The number of hydrogen-bond acceptors (Lipinski definition) is 2. The SMILES string of the molecule is Cc1ccc2c(c1)C(Nc1ccccc1C(C)O)CC2. The van der Waals surface area contributed by atoms with Crippen LogP contribution in [0.15, 0.2) is 42.5 Å². The first-order valence-corrected chi connectivity index (χ1v) is 7.28. The van der Waals surface area contributed by atoms with Crippen molar-refractivity contribution < 1.29 is 5.11 Å². The Morgan fingerprint density at radius 1 is 1.20 bits per heavy atom. The Morgan fingerprint density at radius 2 is 2.00 bits per heavy atom. The fraction of sp³-hybridized carbons (Fsp3) is 0.333. The molecule has 104 valence electrons. The van der Waals surface area contributed by atoms with Crippen LogP contribution in [0.1, 0.15) is 47.7 Å². The van der Waals surface area contributed by atoms with Crippen molar-refractivity contribution in [3.63, 3.8) is 0 Å². The second-order valence-electron chi connectivity index (χ2n) is 5.70. The molecule has 1 aliphatic rings. The lowest BCUT2D eigenvalue weighted by molar-refractivity contribution is 0.200. The molecule has 0 aromatic heterocycles. The number of aryl methyl sites for hydroxylation is 2. The van der Waals surface area contributed by atoms with Gasteiger partial charge >= 0.3 is 0 Å². The smallest absolute Gasteiger partial charge is 0.0781 e. The molecular weight excluding hydrogens is 246 g/mol. The molecule has 2 unspecified atom stereocenters. The lowest BCUT2D eigenvalue weighted by Gasteiger charge is -2.20. The predicted octanol–water partition coefficient (Wildman–Crippen LogP) is 4.15. The van der Waals surface area contributed by atoms with E-state index in [1.165, 1.54) is 16.7 Å². The van der Waals surface area contributed by atoms with Crippen LogP contribution in [0.4, 0.5) is 5.69 Å². The minimum atomic E-state index is -0.447. The number of nitrogens with one attached hydrogen (secondary N) is 1. The molecule has 3 rings (SSSR count). The molecule has 0 heterocycles. The molecule has 2 N–H and O–H groups in total. The maximum atomic E-state index is 9.88. The van der Waals surface area contributed by atoms with E-state index >= 15 is 0 Å². The number of fused-ring (bicyclic) bond motifs is 1. The molecule has 2 aromatic carbocycles. The van der Waals surface area contributed by atoms with Crippen LogP contribution in [0.3, 0.4) is 0 Å². The topological polar surface area (TPSA) is 32.3 Å². The molecule has 0 spiro atoms. The Balaban J connectivity index is 1.89. The molecule has 0 fully saturated rings. The molecule has 0 aliphatic heterocycles. The number of aliphatic hydroxyl groups is 1. The van der Waals surface area contributed by atoms with Crippen LogP contribution in [-0.2, 0) is 6.42 Å². The van der Waals surface area contributed by atoms with Gasteiger partial charge in [-0.05, 0) is 43.9 Å². The number of hydrogen-bond donors (Lipinski definition) is 2. The minimum Gasteiger partial charge on any atom is -0.389 e. The van der Waals surface area contributed by atoms with Crippen molar-refractivity contribution in [3.05, 3.63) is 64.7 Å². The van der Waals surface area contributed by atoms with Crippen molar-refractivity contribution >= 4 is 5.69 Å². The summed E-state index contributed by atoms with van der Waals surface area (Å²) in [6.45, 7) is 3.95. The maximum Gasteiger partial charge on any atom is 0.0781 e. The summed E-state index contributed by atoms with van der Waals surface area (Å²) in [5.74, 6) is 0. The van der Waals surface area contributed by atoms with Gasteiger partial charge in [-0.15, -0.1) is 0 Å². The van der Waals surface area contributed by atoms with Crippen molar-refractivity contribution in [2.75, 3.05) is 5.32 Å². The molecule has 0 radical (unpaired) electrons. The van der Waals surface area contributed by atoms with Gasteiger partial charge in [-0.1, -0.05) is 42.0 Å². The van der Waals surface area contributed by atoms with Gasteiger partial charge in [0.1, 0.15) is 0 Å². The molecule has 0 bridgehead atoms. The average molecular weight is 267 g/mol. The number of benzene rings is 2. The van der Waals surface area contributed by atoms with Crippen LogP contribution in [0.25, 0.3) is 0 Å². The zero-order valence-corrected chi connectivity index (χ0v) is 12.1. The Kier molecular flexibility index (Phi) is 3.49. The van der Waals surface area contributed by atoms with E-state index in [4.69, 9.17) is 0 Å². The highest BCUT2D eigenvalue weighted by Gasteiger charge is 2.23. The number of para-hydroxylation sites is 1. The third kappa shape index (κ3) is 2.44. The molecule has 2 heteroatoms. The molecule has 2 nitrogen and oxygen atoms in total. The van der Waals surface area contributed by atoms with E-state index in [9.17, 15) is 5.11 Å². The van der Waals surface area contributed by atoms with E-state index in [-0.39, 0.29) is 0 Å². The number of aliphatic hydroxyl groups excluding tert-OH is 1. The average Bonchev–Trinajstić information content (AvgIpc) is 2.82. The summed E-state index contributed by atoms with van der Waals surface area (Å²) in [6.07, 6.45) is 1.80. The largest absolute Gasteiger partial charge is 0.389 e. The molecule has 0 saturated carbocycles. The molecule has 1 aliphatic carbocycles. The first kappa shape index (κ1) is 13.2. The van der Waals surface area contributed by atoms with Gasteiger partial charge in [0.25, 0.3) is 0 Å². The second-order valence-corrected chi connectivity index (χ2v) is 5.70. The fourth-order valence-corrected chi connectivity index (χ4v) is 3.05. The van der Waals surface area contributed by atoms with Crippen LogP contribution in [0, 0.1) is 6.92 Å². The highest BCUT2D eigenvalue weighted by Crippen LogP contribution is 2.36. The summed E-state index contributed by atoms with van der Waals surface area (Å²) in [7, 11) is 0. The lowest BCUT2D eigenvalue weighted by atomic mass is 10.0. The van der Waals surface area contributed by atoms with Crippen LogP contribution < -0.4 is 5.32 Å². The summed E-state index contributed by atoms with van der Waals surface area (Å²) >= 11 is 0. The van der Waals surface area contributed by atoms with E-state index in [0.717, 1.165) is 24.1 Å². The van der Waals surface area contributed by atoms with E-state index in [0.29, 0.717) is 6.04 Å². The molecule has 2 aromatic rings. The summed E-state index contributed by atoms with van der Waals surface area (Å²) in [6, 6.07) is 15.1. The third-order valence-electron chi connectivity index (χ3n) is 4.12. The zero-order valence-electron chi connectivity index (χ0n) is 12.1. The quantitative estimate of drug-likeness (QED) is 0.875.